The highest BCUT2D eigenvalue weighted by molar-refractivity contribution is 6.26. The normalized spacial score (nSPS) is 13.2. The molecule has 0 aliphatic heterocycles. The topological polar surface area (TPSA) is 0 Å². The quantitative estimate of drug-likeness (QED) is 0.149. The number of rotatable bonds is 3. The number of hydrogen-bond donors (Lipinski definition) is 0. The Balaban J connectivity index is 1.42. The predicted molar refractivity (Wildman–Crippen MR) is 190 cm³/mol. The summed E-state index contributed by atoms with van der Waals surface area (Å²) in [6.07, 6.45) is 0. The van der Waals surface area contributed by atoms with E-state index in [1.165, 1.54) is 16.2 Å². The summed E-state index contributed by atoms with van der Waals surface area (Å²) >= 11 is 0. The molecule has 0 nitrogen and oxygen atoms in total. The fourth-order valence-electron chi connectivity index (χ4n) is 6.92. The van der Waals surface area contributed by atoms with Crippen LogP contribution in [-0.2, 0) is 0 Å². The zero-order valence-electron chi connectivity index (χ0n) is 28.8. The highest BCUT2D eigenvalue weighted by atomic mass is 14.2. The van der Waals surface area contributed by atoms with Crippen molar-refractivity contribution in [2.24, 2.45) is 0 Å². The zero-order valence-corrected chi connectivity index (χ0v) is 23.8. The van der Waals surface area contributed by atoms with Crippen molar-refractivity contribution < 1.29 is 6.85 Å². The van der Waals surface area contributed by atoms with Gasteiger partial charge in [-0.15, -0.1) is 0 Å². The molecule has 0 saturated carbocycles. The van der Waals surface area contributed by atoms with Gasteiger partial charge in [0.05, 0.1) is 6.85 Å². The minimum absolute atomic E-state index is 0.203. The second-order valence-corrected chi connectivity index (χ2v) is 11.3. The Hall–Kier alpha value is -5.72. The lowest BCUT2D eigenvalue weighted by Crippen LogP contribution is -1.92. The molecular formula is C44H28. The molecule has 0 radical (unpaired) electrons. The van der Waals surface area contributed by atoms with Crippen LogP contribution in [0.3, 0.4) is 0 Å². The minimum atomic E-state index is -0.395. The molecule has 0 spiro atoms. The van der Waals surface area contributed by atoms with Crippen LogP contribution in [0.4, 0.5) is 0 Å². The van der Waals surface area contributed by atoms with Crippen LogP contribution in [-0.4, -0.2) is 0 Å². The Labute approximate surface area is 263 Å². The Morgan fingerprint density at radius 1 is 0.318 bits per heavy atom. The molecule has 0 heteroatoms. The molecule has 9 rings (SSSR count). The average Bonchev–Trinajstić information content (AvgIpc) is 3.15. The van der Waals surface area contributed by atoms with Gasteiger partial charge in [-0.2, -0.15) is 0 Å². The van der Waals surface area contributed by atoms with Crippen LogP contribution in [0.25, 0.3) is 87.2 Å². The largest absolute Gasteiger partial charge is 0.0629 e. The highest BCUT2D eigenvalue weighted by Gasteiger charge is 2.19. The van der Waals surface area contributed by atoms with Gasteiger partial charge in [0.1, 0.15) is 0 Å². The van der Waals surface area contributed by atoms with Gasteiger partial charge in [0.15, 0.2) is 0 Å². The van der Waals surface area contributed by atoms with Crippen molar-refractivity contribution in [3.63, 3.8) is 0 Å². The van der Waals surface area contributed by atoms with E-state index in [1.54, 1.807) is 0 Å². The van der Waals surface area contributed by atoms with E-state index in [2.05, 4.69) is 103 Å². The van der Waals surface area contributed by atoms with Crippen LogP contribution in [0.1, 0.15) is 6.85 Å². The molecule has 0 aromatic heterocycles. The SMILES string of the molecule is [2H]c1c([2H])c([2H])c(-c2c3ccccc3c(-c3cc4ccccc4c4ccc(-c5ccc6ccccc6c5)cc34)c3ccccc23)c([2H])c1[2H]. The monoisotopic (exact) mass is 561 g/mol. The summed E-state index contributed by atoms with van der Waals surface area (Å²) in [6, 6.07) is 47.2. The Morgan fingerprint density at radius 3 is 1.57 bits per heavy atom. The third-order valence-electron chi connectivity index (χ3n) is 8.89. The highest BCUT2D eigenvalue weighted by Crippen LogP contribution is 2.47. The van der Waals surface area contributed by atoms with Gasteiger partial charge in [-0.05, 0) is 105 Å². The van der Waals surface area contributed by atoms with Crippen molar-refractivity contribution in [1.29, 1.82) is 0 Å². The van der Waals surface area contributed by atoms with E-state index in [0.29, 0.717) is 5.56 Å². The third-order valence-corrected chi connectivity index (χ3v) is 8.89. The number of hydrogen-bond acceptors (Lipinski definition) is 0. The van der Waals surface area contributed by atoms with E-state index >= 15 is 0 Å². The van der Waals surface area contributed by atoms with Crippen molar-refractivity contribution in [2.45, 2.75) is 0 Å². The second kappa shape index (κ2) is 9.93. The predicted octanol–water partition coefficient (Wildman–Crippen LogP) is 12.5. The Bertz CT molecular complexity index is 2750. The van der Waals surface area contributed by atoms with Crippen LogP contribution < -0.4 is 0 Å². The number of fused-ring (bicyclic) bond motifs is 6. The molecule has 9 aromatic carbocycles. The van der Waals surface area contributed by atoms with Gasteiger partial charge >= 0.3 is 0 Å². The minimum Gasteiger partial charge on any atom is -0.0622 e. The summed E-state index contributed by atoms with van der Waals surface area (Å²) < 4.78 is 43.0. The Morgan fingerprint density at radius 2 is 0.864 bits per heavy atom. The first-order valence-corrected chi connectivity index (χ1v) is 14.9. The van der Waals surface area contributed by atoms with E-state index < -0.39 is 6.04 Å². The molecule has 44 heavy (non-hydrogen) atoms. The van der Waals surface area contributed by atoms with E-state index in [9.17, 15) is 0 Å². The lowest BCUT2D eigenvalue weighted by molar-refractivity contribution is 1.66. The van der Waals surface area contributed by atoms with Gasteiger partial charge in [0.2, 0.25) is 0 Å². The van der Waals surface area contributed by atoms with Crippen molar-refractivity contribution in [1.82, 2.24) is 0 Å². The van der Waals surface area contributed by atoms with Crippen molar-refractivity contribution >= 4 is 53.9 Å². The summed E-state index contributed by atoms with van der Waals surface area (Å²) in [5.74, 6) is 0. The second-order valence-electron chi connectivity index (χ2n) is 11.3. The van der Waals surface area contributed by atoms with Crippen molar-refractivity contribution in [2.75, 3.05) is 0 Å². The van der Waals surface area contributed by atoms with E-state index in [4.69, 9.17) is 6.85 Å². The molecule has 0 heterocycles. The summed E-state index contributed by atoms with van der Waals surface area (Å²) in [5.41, 5.74) is 5.26. The van der Waals surface area contributed by atoms with Crippen LogP contribution in [0, 0.1) is 0 Å². The van der Waals surface area contributed by atoms with Crippen molar-refractivity contribution in [3.05, 3.63) is 170 Å². The van der Waals surface area contributed by atoms with Crippen LogP contribution in [0.5, 0.6) is 0 Å². The third kappa shape index (κ3) is 3.85. The first kappa shape index (κ1) is 20.2. The number of benzene rings is 9. The van der Waals surface area contributed by atoms with Crippen LogP contribution in [0.15, 0.2) is 170 Å². The van der Waals surface area contributed by atoms with E-state index in [0.717, 1.165) is 60.0 Å². The maximum absolute atomic E-state index is 8.92. The molecule has 0 saturated heterocycles. The molecule has 0 bridgehead atoms. The maximum Gasteiger partial charge on any atom is 0.0629 e. The Kier molecular flexibility index (Phi) is 4.57. The molecule has 9 aromatic rings. The van der Waals surface area contributed by atoms with Gasteiger partial charge in [0, 0.05) is 0 Å². The van der Waals surface area contributed by atoms with Gasteiger partial charge in [-0.1, -0.05) is 152 Å². The lowest BCUT2D eigenvalue weighted by atomic mass is 9.83. The lowest BCUT2D eigenvalue weighted by Gasteiger charge is -2.20. The molecule has 0 amide bonds. The molecule has 0 fully saturated rings. The molecule has 0 unspecified atom stereocenters. The first-order valence-electron chi connectivity index (χ1n) is 17.4. The molecule has 0 aliphatic carbocycles. The zero-order chi connectivity index (χ0) is 33.4. The van der Waals surface area contributed by atoms with Crippen LogP contribution >= 0.6 is 0 Å². The van der Waals surface area contributed by atoms with Gasteiger partial charge in [-0.25, -0.2) is 0 Å². The fourth-order valence-corrected chi connectivity index (χ4v) is 6.92. The summed E-state index contributed by atoms with van der Waals surface area (Å²) in [5, 5.41) is 10.6. The molecule has 204 valence electrons. The summed E-state index contributed by atoms with van der Waals surface area (Å²) in [6.45, 7) is 0. The molecule has 0 aliphatic rings. The van der Waals surface area contributed by atoms with Crippen LogP contribution in [0.2, 0.25) is 0 Å². The fraction of sp³-hybridized carbons (Fsp3) is 0. The van der Waals surface area contributed by atoms with E-state index in [-0.39, 0.29) is 29.7 Å². The summed E-state index contributed by atoms with van der Waals surface area (Å²) in [4.78, 5) is 0. The smallest absolute Gasteiger partial charge is 0.0622 e. The van der Waals surface area contributed by atoms with Gasteiger partial charge < -0.3 is 0 Å². The molecule has 0 N–H and O–H groups in total. The average molecular weight is 562 g/mol. The maximum atomic E-state index is 8.92. The van der Waals surface area contributed by atoms with Crippen molar-refractivity contribution in [3.8, 4) is 33.4 Å². The first-order chi connectivity index (χ1) is 23.9. The standard InChI is InChI=1S/C44H28/c1-2-13-30(14-3-1)43-37-18-8-10-20-39(37)44(40-21-11-9-19-38(40)43)42-28-34-16-6-7-17-35(34)36-25-24-33(27-41(36)42)32-23-22-29-12-4-5-15-31(29)26-32/h1-28H/i1D,2D,3D,13D,14D. The van der Waals surface area contributed by atoms with Gasteiger partial charge in [0.25, 0.3) is 0 Å². The molecule has 0 atom stereocenters. The van der Waals surface area contributed by atoms with Gasteiger partial charge in [-0.3, -0.25) is 0 Å². The summed E-state index contributed by atoms with van der Waals surface area (Å²) in [7, 11) is 0. The van der Waals surface area contributed by atoms with E-state index in [1.807, 2.05) is 36.4 Å². The molecular weight excluding hydrogens is 528 g/mol.